The number of nitrogens with one attached hydrogen (secondary N) is 1. The highest BCUT2D eigenvalue weighted by Gasteiger charge is 2.26. The van der Waals surface area contributed by atoms with Crippen LogP contribution in [0, 0.1) is 19.8 Å². The molecule has 0 bridgehead atoms. The fraction of sp³-hybridized carbons (Fsp3) is 0.737. The highest BCUT2D eigenvalue weighted by atomic mass is 16.5. The van der Waals surface area contributed by atoms with Crippen molar-refractivity contribution < 1.29 is 9.53 Å². The number of aryl methyl sites for hydroxylation is 2. The van der Waals surface area contributed by atoms with Gasteiger partial charge < -0.3 is 15.0 Å². The molecule has 0 radical (unpaired) electrons. The molecule has 2 aliphatic heterocycles. The highest BCUT2D eigenvalue weighted by Crippen LogP contribution is 2.21. The summed E-state index contributed by atoms with van der Waals surface area (Å²) in [5.41, 5.74) is 1.99. The minimum absolute atomic E-state index is 0.112. The molecule has 0 atom stereocenters. The third kappa shape index (κ3) is 5.38. The Morgan fingerprint density at radius 2 is 1.81 bits per heavy atom. The van der Waals surface area contributed by atoms with Gasteiger partial charge in [-0.1, -0.05) is 0 Å². The number of anilines is 1. The number of aromatic nitrogens is 2. The second kappa shape index (κ2) is 9.28. The Labute approximate surface area is 156 Å². The van der Waals surface area contributed by atoms with Crippen LogP contribution in [0.15, 0.2) is 6.07 Å². The molecule has 0 saturated carbocycles. The number of piperidine rings is 1. The average Bonchev–Trinajstić information content (AvgIpc) is 2.65. The lowest BCUT2D eigenvalue weighted by molar-refractivity contribution is -0.125. The maximum Gasteiger partial charge on any atom is 0.225 e. The molecule has 1 aromatic rings. The van der Waals surface area contributed by atoms with E-state index in [1.54, 1.807) is 0 Å². The van der Waals surface area contributed by atoms with Gasteiger partial charge in [-0.15, -0.1) is 0 Å². The molecule has 2 saturated heterocycles. The Kier molecular flexibility index (Phi) is 6.80. The minimum Gasteiger partial charge on any atom is -0.379 e. The summed E-state index contributed by atoms with van der Waals surface area (Å²) in [6.07, 6.45) is 2.73. The fourth-order valence-electron chi connectivity index (χ4n) is 3.67. The Hall–Kier alpha value is -1.73. The van der Waals surface area contributed by atoms with E-state index < -0.39 is 0 Å². The van der Waals surface area contributed by atoms with E-state index >= 15 is 0 Å². The van der Waals surface area contributed by atoms with E-state index in [2.05, 4.69) is 25.1 Å². The van der Waals surface area contributed by atoms with Gasteiger partial charge in [0.2, 0.25) is 11.9 Å². The topological polar surface area (TPSA) is 70.6 Å². The van der Waals surface area contributed by atoms with Crippen molar-refractivity contribution >= 4 is 11.9 Å². The Bertz CT molecular complexity index is 575. The Morgan fingerprint density at radius 1 is 1.15 bits per heavy atom. The van der Waals surface area contributed by atoms with Gasteiger partial charge in [0.15, 0.2) is 0 Å². The highest BCUT2D eigenvalue weighted by molar-refractivity contribution is 5.78. The first-order valence-corrected chi connectivity index (χ1v) is 9.77. The van der Waals surface area contributed by atoms with Gasteiger partial charge in [0.1, 0.15) is 0 Å². The monoisotopic (exact) mass is 361 g/mol. The minimum atomic E-state index is 0.112. The van der Waals surface area contributed by atoms with Crippen LogP contribution in [0.1, 0.15) is 30.7 Å². The molecule has 0 spiro atoms. The standard InChI is InChI=1S/C19H31N5O2/c1-15-14-16(2)22-19(21-15)24-8-4-17(5-9-24)18(25)20-6-3-7-23-10-12-26-13-11-23/h14,17H,3-13H2,1-2H3,(H,20,25). The zero-order chi connectivity index (χ0) is 18.4. The lowest BCUT2D eigenvalue weighted by Gasteiger charge is -2.31. The van der Waals surface area contributed by atoms with Gasteiger partial charge in [0.05, 0.1) is 13.2 Å². The molecular weight excluding hydrogens is 330 g/mol. The molecule has 3 rings (SSSR count). The molecule has 1 N–H and O–H groups in total. The average molecular weight is 361 g/mol. The largest absolute Gasteiger partial charge is 0.379 e. The lowest BCUT2D eigenvalue weighted by Crippen LogP contribution is -2.42. The molecule has 2 fully saturated rings. The number of carbonyl (C=O) groups is 1. The summed E-state index contributed by atoms with van der Waals surface area (Å²) in [7, 11) is 0. The molecule has 0 aromatic carbocycles. The first kappa shape index (κ1) is 19.0. The summed E-state index contributed by atoms with van der Waals surface area (Å²) in [5, 5.41) is 3.12. The van der Waals surface area contributed by atoms with Crippen molar-refractivity contribution in [1.82, 2.24) is 20.2 Å². The molecule has 0 unspecified atom stereocenters. The first-order valence-electron chi connectivity index (χ1n) is 9.77. The SMILES string of the molecule is Cc1cc(C)nc(N2CCC(C(=O)NCCCN3CCOCC3)CC2)n1. The van der Waals surface area contributed by atoms with E-state index in [0.717, 1.165) is 89.1 Å². The van der Waals surface area contributed by atoms with Crippen molar-refractivity contribution in [3.05, 3.63) is 17.5 Å². The number of ether oxygens (including phenoxy) is 1. The van der Waals surface area contributed by atoms with Crippen LogP contribution in [0.2, 0.25) is 0 Å². The third-order valence-corrected chi connectivity index (χ3v) is 5.17. The second-order valence-electron chi connectivity index (χ2n) is 7.31. The molecule has 1 amide bonds. The zero-order valence-corrected chi connectivity index (χ0v) is 16.0. The normalized spacial score (nSPS) is 19.5. The van der Waals surface area contributed by atoms with Gasteiger partial charge in [-0.25, -0.2) is 9.97 Å². The molecule has 3 heterocycles. The number of carbonyl (C=O) groups excluding carboxylic acids is 1. The predicted molar refractivity (Wildman–Crippen MR) is 101 cm³/mol. The van der Waals surface area contributed by atoms with Gasteiger partial charge in [-0.05, 0) is 45.7 Å². The van der Waals surface area contributed by atoms with Crippen LogP contribution in [0.25, 0.3) is 0 Å². The summed E-state index contributed by atoms with van der Waals surface area (Å²) in [6, 6.07) is 1.99. The van der Waals surface area contributed by atoms with Crippen LogP contribution in [0.4, 0.5) is 5.95 Å². The van der Waals surface area contributed by atoms with E-state index in [1.165, 1.54) is 0 Å². The molecule has 7 heteroatoms. The van der Waals surface area contributed by atoms with Crippen molar-refractivity contribution in [2.24, 2.45) is 5.92 Å². The summed E-state index contributed by atoms with van der Waals surface area (Å²) < 4.78 is 5.35. The summed E-state index contributed by atoms with van der Waals surface area (Å²) in [6.45, 7) is 11.1. The third-order valence-electron chi connectivity index (χ3n) is 5.17. The number of morpholine rings is 1. The summed E-state index contributed by atoms with van der Waals surface area (Å²) in [4.78, 5) is 26.1. The Balaban J connectivity index is 1.36. The van der Waals surface area contributed by atoms with Gasteiger partial charge in [0, 0.05) is 50.0 Å². The lowest BCUT2D eigenvalue weighted by atomic mass is 9.96. The summed E-state index contributed by atoms with van der Waals surface area (Å²) >= 11 is 0. The van der Waals surface area contributed by atoms with Gasteiger partial charge >= 0.3 is 0 Å². The second-order valence-corrected chi connectivity index (χ2v) is 7.31. The number of rotatable bonds is 6. The van der Waals surface area contributed by atoms with Crippen LogP contribution >= 0.6 is 0 Å². The van der Waals surface area contributed by atoms with Crippen LogP contribution < -0.4 is 10.2 Å². The number of amides is 1. The van der Waals surface area contributed by atoms with E-state index in [1.807, 2.05) is 19.9 Å². The quantitative estimate of drug-likeness (QED) is 0.767. The number of hydrogen-bond donors (Lipinski definition) is 1. The number of nitrogens with zero attached hydrogens (tertiary/aromatic N) is 4. The first-order chi connectivity index (χ1) is 12.6. The van der Waals surface area contributed by atoms with E-state index in [9.17, 15) is 4.79 Å². The van der Waals surface area contributed by atoms with Crippen molar-refractivity contribution in [1.29, 1.82) is 0 Å². The number of hydrogen-bond acceptors (Lipinski definition) is 6. The maximum absolute atomic E-state index is 12.4. The molecule has 0 aliphatic carbocycles. The smallest absolute Gasteiger partial charge is 0.225 e. The van der Waals surface area contributed by atoms with E-state index in [4.69, 9.17) is 4.74 Å². The van der Waals surface area contributed by atoms with Crippen molar-refractivity contribution in [2.75, 3.05) is 57.4 Å². The van der Waals surface area contributed by atoms with E-state index in [-0.39, 0.29) is 11.8 Å². The van der Waals surface area contributed by atoms with Crippen molar-refractivity contribution in [3.8, 4) is 0 Å². The Morgan fingerprint density at radius 3 is 2.46 bits per heavy atom. The van der Waals surface area contributed by atoms with Crippen molar-refractivity contribution in [3.63, 3.8) is 0 Å². The fourth-order valence-corrected chi connectivity index (χ4v) is 3.67. The maximum atomic E-state index is 12.4. The molecule has 1 aromatic heterocycles. The van der Waals surface area contributed by atoms with Crippen LogP contribution in [0.5, 0.6) is 0 Å². The van der Waals surface area contributed by atoms with Crippen LogP contribution in [-0.4, -0.2) is 73.3 Å². The summed E-state index contributed by atoms with van der Waals surface area (Å²) in [5.74, 6) is 1.11. The molecule has 144 valence electrons. The van der Waals surface area contributed by atoms with Crippen molar-refractivity contribution in [2.45, 2.75) is 33.1 Å². The van der Waals surface area contributed by atoms with Gasteiger partial charge in [0.25, 0.3) is 0 Å². The molecule has 26 heavy (non-hydrogen) atoms. The van der Waals surface area contributed by atoms with Gasteiger partial charge in [-0.3, -0.25) is 9.69 Å². The molecule has 7 nitrogen and oxygen atoms in total. The molecular formula is C19H31N5O2. The van der Waals surface area contributed by atoms with Crippen LogP contribution in [-0.2, 0) is 9.53 Å². The van der Waals surface area contributed by atoms with Gasteiger partial charge in [-0.2, -0.15) is 0 Å². The predicted octanol–water partition coefficient (Wildman–Crippen LogP) is 1.15. The van der Waals surface area contributed by atoms with Crippen LogP contribution in [0.3, 0.4) is 0 Å². The van der Waals surface area contributed by atoms with E-state index in [0.29, 0.717) is 0 Å². The molecule has 2 aliphatic rings. The zero-order valence-electron chi connectivity index (χ0n) is 16.0.